The van der Waals surface area contributed by atoms with Gasteiger partial charge in [-0.25, -0.2) is 0 Å². The van der Waals surface area contributed by atoms with Crippen molar-refractivity contribution in [1.29, 1.82) is 0 Å². The van der Waals surface area contributed by atoms with Crippen LogP contribution in [0.15, 0.2) is 42.5 Å². The Labute approximate surface area is 171 Å². The molecule has 0 unspecified atom stereocenters. The highest BCUT2D eigenvalue weighted by atomic mass is 32.1. The number of Topliss-reactive ketones (excluding diaryl/α,β-unsaturated/α-hetero) is 1. The van der Waals surface area contributed by atoms with Gasteiger partial charge in [0, 0.05) is 24.1 Å². The molecular weight excluding hydrogens is 370 g/mol. The maximum Gasteiger partial charge on any atom is 0.238 e. The molecule has 0 aromatic heterocycles. The maximum absolute atomic E-state index is 12.3. The lowest BCUT2D eigenvalue weighted by molar-refractivity contribution is -0.121. The molecule has 3 N–H and O–H groups in total. The minimum absolute atomic E-state index is 0.0395. The van der Waals surface area contributed by atoms with E-state index in [4.69, 9.17) is 12.2 Å². The minimum atomic E-state index is -0.294. The van der Waals surface area contributed by atoms with Crippen LogP contribution < -0.4 is 16.2 Å². The summed E-state index contributed by atoms with van der Waals surface area (Å²) < 4.78 is 0. The van der Waals surface area contributed by atoms with E-state index in [2.05, 4.69) is 30.0 Å². The molecule has 2 aromatic rings. The van der Waals surface area contributed by atoms with Gasteiger partial charge in [-0.05, 0) is 61.3 Å². The van der Waals surface area contributed by atoms with Gasteiger partial charge in [0.25, 0.3) is 0 Å². The van der Waals surface area contributed by atoms with Gasteiger partial charge >= 0.3 is 0 Å². The summed E-state index contributed by atoms with van der Waals surface area (Å²) >= 11 is 5.18. The molecule has 0 fully saturated rings. The quantitative estimate of drug-likeness (QED) is 0.383. The van der Waals surface area contributed by atoms with Crippen LogP contribution in [0.3, 0.4) is 0 Å². The Balaban J connectivity index is 1.76. The second-order valence-electron chi connectivity index (χ2n) is 7.15. The number of hydrazine groups is 1. The largest absolute Gasteiger partial charge is 0.331 e. The summed E-state index contributed by atoms with van der Waals surface area (Å²) in [6, 6.07) is 13.7. The first-order valence-corrected chi connectivity index (χ1v) is 9.73. The fraction of sp³-hybridized carbons (Fsp3) is 0.318. The standard InChI is InChI=1S/C22H27N3O2S/c1-14(2)17-7-9-18(10-8-17)23-22(28)25-24-21(27)12-11-20(26)19-13-15(3)5-6-16(19)4/h5-10,13-14H,11-12H2,1-4H3,(H,24,27)(H2,23,25,28). The number of carbonyl (C=O) groups is 2. The minimum Gasteiger partial charge on any atom is -0.331 e. The molecule has 0 spiro atoms. The van der Waals surface area contributed by atoms with Crippen molar-refractivity contribution in [2.75, 3.05) is 5.32 Å². The second kappa shape index (κ2) is 9.99. The zero-order valence-electron chi connectivity index (χ0n) is 16.8. The number of carbonyl (C=O) groups excluding carboxylic acids is 2. The van der Waals surface area contributed by atoms with Crippen molar-refractivity contribution < 1.29 is 9.59 Å². The summed E-state index contributed by atoms with van der Waals surface area (Å²) in [5.41, 5.74) is 9.87. The van der Waals surface area contributed by atoms with Crippen molar-refractivity contribution in [1.82, 2.24) is 10.9 Å². The molecule has 6 heteroatoms. The summed E-state index contributed by atoms with van der Waals surface area (Å²) in [4.78, 5) is 24.3. The number of nitrogens with one attached hydrogen (secondary N) is 3. The molecular formula is C22H27N3O2S. The van der Waals surface area contributed by atoms with Gasteiger partial charge in [-0.15, -0.1) is 0 Å². The van der Waals surface area contributed by atoms with Gasteiger partial charge in [-0.3, -0.25) is 20.4 Å². The van der Waals surface area contributed by atoms with Crippen molar-refractivity contribution in [3.8, 4) is 0 Å². The average Bonchev–Trinajstić information content (AvgIpc) is 2.66. The lowest BCUT2D eigenvalue weighted by atomic mass is 9.99. The summed E-state index contributed by atoms with van der Waals surface area (Å²) in [7, 11) is 0. The number of hydrogen-bond acceptors (Lipinski definition) is 3. The van der Waals surface area contributed by atoms with Crippen LogP contribution in [-0.4, -0.2) is 16.8 Å². The van der Waals surface area contributed by atoms with Gasteiger partial charge in [0.2, 0.25) is 5.91 Å². The zero-order valence-corrected chi connectivity index (χ0v) is 17.6. The van der Waals surface area contributed by atoms with E-state index in [9.17, 15) is 9.59 Å². The summed E-state index contributed by atoms with van der Waals surface area (Å²) in [6.45, 7) is 8.10. The van der Waals surface area contributed by atoms with E-state index in [1.807, 2.05) is 56.3 Å². The molecule has 0 aliphatic heterocycles. The van der Waals surface area contributed by atoms with Crippen molar-refractivity contribution in [2.45, 2.75) is 46.5 Å². The number of aryl methyl sites for hydroxylation is 2. The topological polar surface area (TPSA) is 70.2 Å². The van der Waals surface area contributed by atoms with E-state index < -0.39 is 0 Å². The average molecular weight is 398 g/mol. The first-order valence-electron chi connectivity index (χ1n) is 9.32. The molecule has 0 aliphatic carbocycles. The van der Waals surface area contributed by atoms with Crippen LogP contribution in [0.25, 0.3) is 0 Å². The van der Waals surface area contributed by atoms with E-state index >= 15 is 0 Å². The van der Waals surface area contributed by atoms with Gasteiger partial charge in [0.1, 0.15) is 0 Å². The van der Waals surface area contributed by atoms with Crippen molar-refractivity contribution >= 4 is 34.7 Å². The molecule has 28 heavy (non-hydrogen) atoms. The monoisotopic (exact) mass is 397 g/mol. The fourth-order valence-corrected chi connectivity index (χ4v) is 2.87. The number of anilines is 1. The highest BCUT2D eigenvalue weighted by Gasteiger charge is 2.12. The van der Waals surface area contributed by atoms with Gasteiger partial charge in [-0.1, -0.05) is 43.7 Å². The Morgan fingerprint density at radius 1 is 0.964 bits per heavy atom. The van der Waals surface area contributed by atoms with Crippen molar-refractivity contribution in [2.24, 2.45) is 0 Å². The molecule has 148 valence electrons. The number of thiocarbonyl (C=S) groups is 1. The first kappa shape index (κ1) is 21.6. The summed E-state index contributed by atoms with van der Waals surface area (Å²) in [5.74, 6) is 0.130. The molecule has 5 nitrogen and oxygen atoms in total. The molecule has 0 atom stereocenters. The molecule has 0 radical (unpaired) electrons. The Morgan fingerprint density at radius 2 is 1.64 bits per heavy atom. The van der Waals surface area contributed by atoms with Gasteiger partial charge in [0.05, 0.1) is 0 Å². The Bertz CT molecular complexity index is 861. The predicted molar refractivity (Wildman–Crippen MR) is 118 cm³/mol. The van der Waals surface area contributed by atoms with E-state index in [0.29, 0.717) is 11.5 Å². The molecule has 0 bridgehead atoms. The third-order valence-electron chi connectivity index (χ3n) is 4.42. The van der Waals surface area contributed by atoms with Gasteiger partial charge < -0.3 is 5.32 Å². The fourth-order valence-electron chi connectivity index (χ4n) is 2.70. The van der Waals surface area contributed by atoms with Crippen molar-refractivity contribution in [3.63, 3.8) is 0 Å². The van der Waals surface area contributed by atoms with Crippen LogP contribution >= 0.6 is 12.2 Å². The third-order valence-corrected chi connectivity index (χ3v) is 4.63. The summed E-state index contributed by atoms with van der Waals surface area (Å²) in [5, 5.41) is 3.29. The van der Waals surface area contributed by atoms with Crippen molar-refractivity contribution in [3.05, 3.63) is 64.7 Å². The van der Waals surface area contributed by atoms with Crippen LogP contribution in [0, 0.1) is 13.8 Å². The van der Waals surface area contributed by atoms with Gasteiger partial charge in [-0.2, -0.15) is 0 Å². The van der Waals surface area contributed by atoms with Crippen LogP contribution in [0.4, 0.5) is 5.69 Å². The van der Waals surface area contributed by atoms with Crippen LogP contribution in [-0.2, 0) is 4.79 Å². The van der Waals surface area contributed by atoms with Crippen LogP contribution in [0.5, 0.6) is 0 Å². The van der Waals surface area contributed by atoms with E-state index in [1.165, 1.54) is 5.56 Å². The van der Waals surface area contributed by atoms with Gasteiger partial charge in [0.15, 0.2) is 10.9 Å². The molecule has 2 aromatic carbocycles. The lowest BCUT2D eigenvalue weighted by Crippen LogP contribution is -2.43. The smallest absolute Gasteiger partial charge is 0.238 e. The predicted octanol–water partition coefficient (Wildman–Crippen LogP) is 4.41. The Morgan fingerprint density at radius 3 is 2.29 bits per heavy atom. The molecule has 0 aliphatic rings. The molecule has 0 saturated carbocycles. The Kier molecular flexibility index (Phi) is 7.70. The zero-order chi connectivity index (χ0) is 20.7. The molecule has 0 saturated heterocycles. The number of ketones is 1. The van der Waals surface area contributed by atoms with E-state index in [1.54, 1.807) is 0 Å². The van der Waals surface area contributed by atoms with Crippen LogP contribution in [0.2, 0.25) is 0 Å². The second-order valence-corrected chi connectivity index (χ2v) is 7.55. The SMILES string of the molecule is Cc1ccc(C)c(C(=O)CCC(=O)NNC(=S)Nc2ccc(C(C)C)cc2)c1. The number of amides is 1. The van der Waals surface area contributed by atoms with Crippen LogP contribution in [0.1, 0.15) is 59.7 Å². The van der Waals surface area contributed by atoms with E-state index in [-0.39, 0.29) is 29.6 Å². The summed E-state index contributed by atoms with van der Waals surface area (Å²) in [6.07, 6.45) is 0.236. The lowest BCUT2D eigenvalue weighted by Gasteiger charge is -2.13. The number of benzene rings is 2. The highest BCUT2D eigenvalue weighted by Crippen LogP contribution is 2.17. The third kappa shape index (κ3) is 6.46. The number of rotatable bonds is 6. The van der Waals surface area contributed by atoms with E-state index in [0.717, 1.165) is 16.8 Å². The molecule has 1 amide bonds. The maximum atomic E-state index is 12.3. The molecule has 2 rings (SSSR count). The highest BCUT2D eigenvalue weighted by molar-refractivity contribution is 7.80. The Hall–Kier alpha value is -2.73. The molecule has 0 heterocycles. The number of hydrogen-bond donors (Lipinski definition) is 3. The normalized spacial score (nSPS) is 10.5. The first-order chi connectivity index (χ1) is 13.3.